The highest BCUT2D eigenvalue weighted by molar-refractivity contribution is 5.94. The number of amides is 1. The first-order valence-corrected chi connectivity index (χ1v) is 13.9. The van der Waals surface area contributed by atoms with E-state index in [4.69, 9.17) is 9.72 Å². The standard InChI is InChI=1S/C32H34FN3O3/c33-27-8-4-7-23(17-27)21-39-30-12-11-25(18-26(30)20-37)32(38)35-15-13-24(14-16-35)31-34-28-9-1-2-10-29(28)36(31)19-22-5-3-6-22/h1-2,4,7-12,17-18,22,24,37H,3,5-6,13-16,19-21H2. The number of likely N-dealkylation sites (tertiary alicyclic amines) is 1. The minimum absolute atomic E-state index is 0.0391. The summed E-state index contributed by atoms with van der Waals surface area (Å²) in [5.74, 6) is 2.36. The molecule has 0 unspecified atom stereocenters. The minimum Gasteiger partial charge on any atom is -0.489 e. The first-order valence-electron chi connectivity index (χ1n) is 13.9. The molecule has 0 spiro atoms. The van der Waals surface area contributed by atoms with Crippen molar-refractivity contribution in [3.8, 4) is 5.75 Å². The summed E-state index contributed by atoms with van der Waals surface area (Å²) in [5.41, 5.74) is 4.04. The van der Waals surface area contributed by atoms with Gasteiger partial charge in [0.15, 0.2) is 0 Å². The Morgan fingerprint density at radius 2 is 1.82 bits per heavy atom. The fourth-order valence-corrected chi connectivity index (χ4v) is 5.82. The molecule has 1 aliphatic heterocycles. The van der Waals surface area contributed by atoms with Gasteiger partial charge in [0.05, 0.1) is 17.6 Å². The number of nitrogens with zero attached hydrogens (tertiary/aromatic N) is 3. The molecule has 1 amide bonds. The van der Waals surface area contributed by atoms with Gasteiger partial charge in [0.2, 0.25) is 0 Å². The lowest BCUT2D eigenvalue weighted by atomic mass is 9.85. The Labute approximate surface area is 228 Å². The zero-order chi connectivity index (χ0) is 26.8. The average molecular weight is 528 g/mol. The highest BCUT2D eigenvalue weighted by atomic mass is 19.1. The Morgan fingerprint density at radius 1 is 1.00 bits per heavy atom. The quantitative estimate of drug-likeness (QED) is 0.302. The summed E-state index contributed by atoms with van der Waals surface area (Å²) >= 11 is 0. The van der Waals surface area contributed by atoms with Crippen LogP contribution in [0.15, 0.2) is 66.7 Å². The van der Waals surface area contributed by atoms with Crippen LogP contribution in [-0.2, 0) is 19.8 Å². The van der Waals surface area contributed by atoms with Crippen molar-refractivity contribution in [1.29, 1.82) is 0 Å². The number of halogens is 1. The van der Waals surface area contributed by atoms with Crippen molar-refractivity contribution in [2.75, 3.05) is 13.1 Å². The maximum atomic E-state index is 13.5. The third-order valence-electron chi connectivity index (χ3n) is 8.26. The molecule has 1 N–H and O–H groups in total. The van der Waals surface area contributed by atoms with Crippen molar-refractivity contribution in [3.63, 3.8) is 0 Å². The largest absolute Gasteiger partial charge is 0.489 e. The Balaban J connectivity index is 1.12. The zero-order valence-corrected chi connectivity index (χ0v) is 22.1. The van der Waals surface area contributed by atoms with Crippen LogP contribution in [0.5, 0.6) is 5.75 Å². The number of piperidine rings is 1. The topological polar surface area (TPSA) is 67.6 Å². The first kappa shape index (κ1) is 25.6. The highest BCUT2D eigenvalue weighted by Crippen LogP contribution is 2.35. The van der Waals surface area contributed by atoms with E-state index < -0.39 is 0 Å². The van der Waals surface area contributed by atoms with E-state index in [9.17, 15) is 14.3 Å². The van der Waals surface area contributed by atoms with E-state index in [2.05, 4.69) is 22.8 Å². The molecule has 6 nitrogen and oxygen atoms in total. The van der Waals surface area contributed by atoms with Gasteiger partial charge in [0.1, 0.15) is 24.0 Å². The molecule has 0 radical (unpaired) electrons. The van der Waals surface area contributed by atoms with Gasteiger partial charge in [-0.05, 0) is 79.6 Å². The molecule has 2 fully saturated rings. The summed E-state index contributed by atoms with van der Waals surface area (Å²) in [6, 6.07) is 19.8. The number of carbonyl (C=O) groups is 1. The zero-order valence-electron chi connectivity index (χ0n) is 22.1. The lowest BCUT2D eigenvalue weighted by molar-refractivity contribution is 0.0709. The van der Waals surface area contributed by atoms with Crippen molar-refractivity contribution in [1.82, 2.24) is 14.5 Å². The molecule has 1 aliphatic carbocycles. The fraction of sp³-hybridized carbons (Fsp3) is 0.375. The number of ether oxygens (including phenoxy) is 1. The van der Waals surface area contributed by atoms with Crippen LogP contribution in [0.3, 0.4) is 0 Å². The van der Waals surface area contributed by atoms with Crippen molar-refractivity contribution in [2.24, 2.45) is 5.92 Å². The van der Waals surface area contributed by atoms with Gasteiger partial charge < -0.3 is 19.3 Å². The Bertz CT molecular complexity index is 1470. The first-order chi connectivity index (χ1) is 19.1. The van der Waals surface area contributed by atoms with Crippen LogP contribution in [0.25, 0.3) is 11.0 Å². The molecule has 6 rings (SSSR count). The Kier molecular flexibility index (Phi) is 7.33. The number of aliphatic hydroxyl groups is 1. The van der Waals surface area contributed by atoms with E-state index in [0.717, 1.165) is 36.6 Å². The maximum absolute atomic E-state index is 13.5. The summed E-state index contributed by atoms with van der Waals surface area (Å²) in [6.07, 6.45) is 5.67. The summed E-state index contributed by atoms with van der Waals surface area (Å²) < 4.78 is 21.7. The van der Waals surface area contributed by atoms with Crippen LogP contribution in [0.4, 0.5) is 4.39 Å². The SMILES string of the molecule is O=C(c1ccc(OCc2cccc(F)c2)c(CO)c1)N1CCC(c2nc3ccccc3n2CC2CCC2)CC1. The molecule has 4 aromatic rings. The second kappa shape index (κ2) is 11.2. The number of fused-ring (bicyclic) bond motifs is 1. The Morgan fingerprint density at radius 3 is 2.56 bits per heavy atom. The molecule has 2 heterocycles. The van der Waals surface area contributed by atoms with Crippen molar-refractivity contribution >= 4 is 16.9 Å². The fourth-order valence-electron chi connectivity index (χ4n) is 5.82. The van der Waals surface area contributed by atoms with Crippen LogP contribution < -0.4 is 4.74 Å². The summed E-state index contributed by atoms with van der Waals surface area (Å²) in [6.45, 7) is 2.30. The Hall–Kier alpha value is -3.71. The number of aliphatic hydroxyl groups excluding tert-OH is 1. The van der Waals surface area contributed by atoms with Gasteiger partial charge in [-0.25, -0.2) is 9.37 Å². The number of benzene rings is 3. The average Bonchev–Trinajstić information content (AvgIpc) is 3.32. The van der Waals surface area contributed by atoms with E-state index in [-0.39, 0.29) is 24.9 Å². The van der Waals surface area contributed by atoms with Crippen LogP contribution in [0.1, 0.15) is 65.3 Å². The van der Waals surface area contributed by atoms with Crippen molar-refractivity contribution in [3.05, 3.63) is 95.1 Å². The van der Waals surface area contributed by atoms with E-state index >= 15 is 0 Å². The van der Waals surface area contributed by atoms with Gasteiger partial charge in [-0.15, -0.1) is 0 Å². The van der Waals surface area contributed by atoms with Crippen LogP contribution >= 0.6 is 0 Å². The summed E-state index contributed by atoms with van der Waals surface area (Å²) in [7, 11) is 0. The molecule has 7 heteroatoms. The van der Waals surface area contributed by atoms with Gasteiger partial charge in [-0.3, -0.25) is 4.79 Å². The number of para-hydroxylation sites is 2. The molecule has 0 bridgehead atoms. The summed E-state index contributed by atoms with van der Waals surface area (Å²) in [4.78, 5) is 20.3. The van der Waals surface area contributed by atoms with Crippen molar-refractivity contribution < 1.29 is 19.0 Å². The maximum Gasteiger partial charge on any atom is 0.253 e. The van der Waals surface area contributed by atoms with E-state index in [0.29, 0.717) is 41.4 Å². The number of rotatable bonds is 8. The number of aromatic nitrogens is 2. The molecule has 3 aromatic carbocycles. The predicted molar refractivity (Wildman–Crippen MR) is 148 cm³/mol. The number of hydrogen-bond acceptors (Lipinski definition) is 4. The van der Waals surface area contributed by atoms with Gasteiger partial charge in [-0.1, -0.05) is 30.7 Å². The number of carbonyl (C=O) groups excluding carboxylic acids is 1. The second-order valence-electron chi connectivity index (χ2n) is 10.8. The molecule has 202 valence electrons. The normalized spacial score (nSPS) is 16.4. The molecular weight excluding hydrogens is 493 g/mol. The lowest BCUT2D eigenvalue weighted by Gasteiger charge is -2.33. The third kappa shape index (κ3) is 5.41. The van der Waals surface area contributed by atoms with Crippen LogP contribution in [0.2, 0.25) is 0 Å². The van der Waals surface area contributed by atoms with Crippen molar-refractivity contribution in [2.45, 2.75) is 57.8 Å². The van der Waals surface area contributed by atoms with E-state index in [1.165, 1.54) is 36.9 Å². The third-order valence-corrected chi connectivity index (χ3v) is 8.26. The predicted octanol–water partition coefficient (Wildman–Crippen LogP) is 6.07. The number of hydrogen-bond donors (Lipinski definition) is 1. The van der Waals surface area contributed by atoms with Gasteiger partial charge in [0, 0.05) is 36.7 Å². The minimum atomic E-state index is -0.321. The molecule has 1 saturated carbocycles. The smallest absolute Gasteiger partial charge is 0.253 e. The van der Waals surface area contributed by atoms with Crippen LogP contribution in [-0.4, -0.2) is 38.6 Å². The van der Waals surface area contributed by atoms with Gasteiger partial charge in [-0.2, -0.15) is 0 Å². The monoisotopic (exact) mass is 527 g/mol. The lowest BCUT2D eigenvalue weighted by Crippen LogP contribution is -2.38. The van der Waals surface area contributed by atoms with Gasteiger partial charge >= 0.3 is 0 Å². The highest BCUT2D eigenvalue weighted by Gasteiger charge is 2.30. The second-order valence-corrected chi connectivity index (χ2v) is 10.8. The molecule has 0 atom stereocenters. The van der Waals surface area contributed by atoms with E-state index in [1.54, 1.807) is 30.3 Å². The summed E-state index contributed by atoms with van der Waals surface area (Å²) in [5, 5.41) is 9.93. The van der Waals surface area contributed by atoms with Crippen LogP contribution in [0, 0.1) is 11.7 Å². The van der Waals surface area contributed by atoms with Gasteiger partial charge in [0.25, 0.3) is 5.91 Å². The number of imidazole rings is 1. The van der Waals surface area contributed by atoms with E-state index in [1.807, 2.05) is 11.0 Å². The molecule has 39 heavy (non-hydrogen) atoms. The molecule has 1 aromatic heterocycles. The molecule has 2 aliphatic rings. The molecular formula is C32H34FN3O3. The molecule has 1 saturated heterocycles.